The van der Waals surface area contributed by atoms with E-state index >= 15 is 0 Å². The van der Waals surface area contributed by atoms with E-state index in [2.05, 4.69) is 15.9 Å². The molecule has 20 heavy (non-hydrogen) atoms. The number of rotatable bonds is 5. The van der Waals surface area contributed by atoms with Crippen LogP contribution in [0.1, 0.15) is 11.1 Å². The molecular formula is C15H15BrClNO2. The molecule has 0 aliphatic heterocycles. The van der Waals surface area contributed by atoms with Crippen LogP contribution >= 0.6 is 27.5 Å². The first-order valence-electron chi connectivity index (χ1n) is 6.07. The number of halogens is 2. The van der Waals surface area contributed by atoms with Crippen molar-refractivity contribution in [2.45, 2.75) is 13.2 Å². The van der Waals surface area contributed by atoms with Crippen LogP contribution in [0.25, 0.3) is 0 Å². The molecule has 0 aromatic heterocycles. The predicted octanol–water partition coefficient (Wildman–Crippen LogP) is 4.15. The molecule has 0 amide bonds. The van der Waals surface area contributed by atoms with E-state index in [9.17, 15) is 0 Å². The Morgan fingerprint density at radius 1 is 1.15 bits per heavy atom. The summed E-state index contributed by atoms with van der Waals surface area (Å²) in [4.78, 5) is 0. The smallest absolute Gasteiger partial charge is 0.161 e. The van der Waals surface area contributed by atoms with Crippen molar-refractivity contribution >= 4 is 27.5 Å². The summed E-state index contributed by atoms with van der Waals surface area (Å²) in [5.74, 6) is 1.34. The second-order valence-corrected chi connectivity index (χ2v) is 5.54. The monoisotopic (exact) mass is 355 g/mol. The van der Waals surface area contributed by atoms with Gasteiger partial charge in [-0.15, -0.1) is 0 Å². The maximum atomic E-state index is 6.17. The van der Waals surface area contributed by atoms with Gasteiger partial charge in [-0.25, -0.2) is 0 Å². The van der Waals surface area contributed by atoms with Gasteiger partial charge in [-0.2, -0.15) is 0 Å². The average Bonchev–Trinajstić information content (AvgIpc) is 2.46. The van der Waals surface area contributed by atoms with Crippen LogP contribution < -0.4 is 15.2 Å². The molecule has 0 saturated heterocycles. The van der Waals surface area contributed by atoms with Crippen molar-refractivity contribution in [2.75, 3.05) is 7.11 Å². The number of ether oxygens (including phenoxy) is 2. The Morgan fingerprint density at radius 3 is 2.60 bits per heavy atom. The largest absolute Gasteiger partial charge is 0.493 e. The molecular weight excluding hydrogens is 342 g/mol. The van der Waals surface area contributed by atoms with Crippen molar-refractivity contribution in [2.24, 2.45) is 5.73 Å². The van der Waals surface area contributed by atoms with Crippen LogP contribution in [0.3, 0.4) is 0 Å². The molecule has 0 saturated carbocycles. The maximum Gasteiger partial charge on any atom is 0.161 e. The average molecular weight is 357 g/mol. The van der Waals surface area contributed by atoms with Gasteiger partial charge in [0.1, 0.15) is 6.61 Å². The van der Waals surface area contributed by atoms with Crippen molar-refractivity contribution in [3.05, 3.63) is 57.0 Å². The first-order valence-corrected chi connectivity index (χ1v) is 7.25. The first-order chi connectivity index (χ1) is 9.63. The standard InChI is InChI=1S/C15H15BrClNO2/c1-19-14-5-2-10(8-18)6-15(14)20-9-11-3-4-12(16)7-13(11)17/h2-7H,8-9,18H2,1H3. The number of methoxy groups -OCH3 is 1. The normalized spacial score (nSPS) is 10.4. The van der Waals surface area contributed by atoms with Crippen LogP contribution in [0.4, 0.5) is 0 Å². The van der Waals surface area contributed by atoms with Gasteiger partial charge >= 0.3 is 0 Å². The van der Waals surface area contributed by atoms with Gasteiger partial charge in [0, 0.05) is 21.6 Å². The van der Waals surface area contributed by atoms with E-state index in [0.29, 0.717) is 29.7 Å². The number of nitrogens with two attached hydrogens (primary N) is 1. The topological polar surface area (TPSA) is 44.5 Å². The molecule has 0 radical (unpaired) electrons. The lowest BCUT2D eigenvalue weighted by Crippen LogP contribution is -2.01. The van der Waals surface area contributed by atoms with Gasteiger partial charge in [0.15, 0.2) is 11.5 Å². The van der Waals surface area contributed by atoms with Gasteiger partial charge in [0.25, 0.3) is 0 Å². The summed E-state index contributed by atoms with van der Waals surface area (Å²) in [6.07, 6.45) is 0. The van der Waals surface area contributed by atoms with E-state index < -0.39 is 0 Å². The summed E-state index contributed by atoms with van der Waals surface area (Å²) >= 11 is 9.54. The Kier molecular flexibility index (Phi) is 5.29. The third kappa shape index (κ3) is 3.66. The van der Waals surface area contributed by atoms with Crippen molar-refractivity contribution in [3.8, 4) is 11.5 Å². The Morgan fingerprint density at radius 2 is 1.95 bits per heavy atom. The third-order valence-electron chi connectivity index (χ3n) is 2.86. The van der Waals surface area contributed by atoms with Crippen LogP contribution in [0, 0.1) is 0 Å². The highest BCUT2D eigenvalue weighted by molar-refractivity contribution is 9.10. The zero-order chi connectivity index (χ0) is 14.5. The highest BCUT2D eigenvalue weighted by Gasteiger charge is 2.07. The molecule has 5 heteroatoms. The molecule has 3 nitrogen and oxygen atoms in total. The van der Waals surface area contributed by atoms with Crippen molar-refractivity contribution in [3.63, 3.8) is 0 Å². The molecule has 0 unspecified atom stereocenters. The van der Waals surface area contributed by atoms with Gasteiger partial charge in [-0.1, -0.05) is 39.7 Å². The molecule has 2 N–H and O–H groups in total. The first kappa shape index (κ1) is 15.2. The molecule has 0 atom stereocenters. The highest BCUT2D eigenvalue weighted by atomic mass is 79.9. The molecule has 0 aliphatic carbocycles. The third-order valence-corrected chi connectivity index (χ3v) is 3.71. The summed E-state index contributed by atoms with van der Waals surface area (Å²) in [7, 11) is 1.61. The fourth-order valence-corrected chi connectivity index (χ4v) is 2.48. The molecule has 2 aromatic rings. The Bertz CT molecular complexity index is 604. The number of hydrogen-bond donors (Lipinski definition) is 1. The van der Waals surface area contributed by atoms with Gasteiger partial charge in [-0.05, 0) is 29.8 Å². The van der Waals surface area contributed by atoms with E-state index in [1.807, 2.05) is 36.4 Å². The van der Waals surface area contributed by atoms with Crippen LogP contribution in [0.5, 0.6) is 11.5 Å². The van der Waals surface area contributed by atoms with E-state index in [1.165, 1.54) is 0 Å². The molecule has 0 heterocycles. The Balaban J connectivity index is 2.17. The lowest BCUT2D eigenvalue weighted by molar-refractivity contribution is 0.284. The number of hydrogen-bond acceptors (Lipinski definition) is 3. The van der Waals surface area contributed by atoms with Gasteiger partial charge in [-0.3, -0.25) is 0 Å². The van der Waals surface area contributed by atoms with Crippen molar-refractivity contribution in [1.82, 2.24) is 0 Å². The summed E-state index contributed by atoms with van der Waals surface area (Å²) in [6, 6.07) is 11.3. The number of benzene rings is 2. The van der Waals surface area contributed by atoms with E-state index in [-0.39, 0.29) is 0 Å². The summed E-state index contributed by atoms with van der Waals surface area (Å²) in [5.41, 5.74) is 7.54. The van der Waals surface area contributed by atoms with E-state index in [1.54, 1.807) is 7.11 Å². The minimum absolute atomic E-state index is 0.372. The second kappa shape index (κ2) is 6.97. The molecule has 2 aromatic carbocycles. The zero-order valence-electron chi connectivity index (χ0n) is 11.0. The van der Waals surface area contributed by atoms with Crippen LogP contribution in [-0.4, -0.2) is 7.11 Å². The minimum atomic E-state index is 0.372. The molecule has 0 aliphatic rings. The molecule has 0 fully saturated rings. The lowest BCUT2D eigenvalue weighted by atomic mass is 10.2. The fourth-order valence-electron chi connectivity index (χ4n) is 1.76. The quantitative estimate of drug-likeness (QED) is 0.875. The fraction of sp³-hybridized carbons (Fsp3) is 0.200. The Labute approximate surface area is 131 Å². The molecule has 106 valence electrons. The highest BCUT2D eigenvalue weighted by Crippen LogP contribution is 2.30. The predicted molar refractivity (Wildman–Crippen MR) is 84.4 cm³/mol. The summed E-state index contributed by atoms with van der Waals surface area (Å²) < 4.78 is 12.0. The van der Waals surface area contributed by atoms with Gasteiger partial charge in [0.2, 0.25) is 0 Å². The van der Waals surface area contributed by atoms with E-state index in [4.69, 9.17) is 26.8 Å². The summed E-state index contributed by atoms with van der Waals surface area (Å²) in [6.45, 7) is 0.829. The molecule has 0 bridgehead atoms. The van der Waals surface area contributed by atoms with Crippen LogP contribution in [0.2, 0.25) is 5.02 Å². The summed E-state index contributed by atoms with van der Waals surface area (Å²) in [5, 5.41) is 0.660. The van der Waals surface area contributed by atoms with E-state index in [0.717, 1.165) is 15.6 Å². The maximum absolute atomic E-state index is 6.17. The van der Waals surface area contributed by atoms with Crippen molar-refractivity contribution in [1.29, 1.82) is 0 Å². The van der Waals surface area contributed by atoms with Crippen molar-refractivity contribution < 1.29 is 9.47 Å². The SMILES string of the molecule is COc1ccc(CN)cc1OCc1ccc(Br)cc1Cl. The van der Waals surface area contributed by atoms with Gasteiger partial charge < -0.3 is 15.2 Å². The zero-order valence-corrected chi connectivity index (χ0v) is 13.4. The molecule has 2 rings (SSSR count). The lowest BCUT2D eigenvalue weighted by Gasteiger charge is -2.12. The van der Waals surface area contributed by atoms with Crippen LogP contribution in [-0.2, 0) is 13.2 Å². The van der Waals surface area contributed by atoms with Gasteiger partial charge in [0.05, 0.1) is 7.11 Å². The second-order valence-electron chi connectivity index (χ2n) is 4.21. The Hall–Kier alpha value is -1.23. The minimum Gasteiger partial charge on any atom is -0.493 e. The van der Waals surface area contributed by atoms with Crippen LogP contribution in [0.15, 0.2) is 40.9 Å². The molecule has 0 spiro atoms.